The molecule has 2 heterocycles. The van der Waals surface area contributed by atoms with E-state index in [-0.39, 0.29) is 22.7 Å². The number of nitrogens with two attached hydrogens (primary N) is 1. The van der Waals surface area contributed by atoms with Gasteiger partial charge in [0.2, 0.25) is 0 Å². The molecule has 0 radical (unpaired) electrons. The molecular formula is C25H24ClFN6O2. The van der Waals surface area contributed by atoms with Gasteiger partial charge in [0.1, 0.15) is 29.0 Å². The number of rotatable bonds is 5. The maximum absolute atomic E-state index is 14.7. The van der Waals surface area contributed by atoms with Gasteiger partial charge in [-0.15, -0.1) is 0 Å². The lowest BCUT2D eigenvalue weighted by Crippen LogP contribution is -2.22. The summed E-state index contributed by atoms with van der Waals surface area (Å²) in [6.45, 7) is 6.06. The molecule has 4 N–H and O–H groups in total. The monoisotopic (exact) mass is 494 g/mol. The van der Waals surface area contributed by atoms with Gasteiger partial charge in [-0.1, -0.05) is 32.4 Å². The molecule has 0 fully saturated rings. The Morgan fingerprint density at radius 3 is 2.40 bits per heavy atom. The number of amides is 2. The summed E-state index contributed by atoms with van der Waals surface area (Å²) < 4.78 is 21.9. The van der Waals surface area contributed by atoms with Crippen LogP contribution in [0.25, 0.3) is 5.69 Å². The number of nitrogen functional groups attached to an aromatic ring is 1. The van der Waals surface area contributed by atoms with E-state index in [0.29, 0.717) is 22.3 Å². The minimum atomic E-state index is -0.665. The van der Waals surface area contributed by atoms with Gasteiger partial charge in [0.25, 0.3) is 0 Å². The molecule has 180 valence electrons. The van der Waals surface area contributed by atoms with Gasteiger partial charge in [-0.05, 0) is 42.5 Å². The van der Waals surface area contributed by atoms with E-state index < -0.39 is 11.8 Å². The molecule has 4 aromatic rings. The molecule has 0 unspecified atom stereocenters. The molecule has 35 heavy (non-hydrogen) atoms. The number of benzene rings is 2. The number of carbonyl (C=O) groups excluding carboxylic acids is 1. The van der Waals surface area contributed by atoms with E-state index in [9.17, 15) is 9.18 Å². The first-order valence-corrected chi connectivity index (χ1v) is 11.1. The largest absolute Gasteiger partial charge is 0.457 e. The standard InChI is InChI=1S/C25H24ClFN6O2/c1-25(2,3)21-14-23(33(32-21)16-6-4-15(26)5-7-16)31-24(34)30-20-9-8-17(12-19(20)27)35-18-10-11-29-22(28)13-18/h4-14H,1-3H3,(H2,28,29)(H2,30,31,34). The predicted octanol–water partition coefficient (Wildman–Crippen LogP) is 6.38. The molecule has 0 aliphatic heterocycles. The Morgan fingerprint density at radius 2 is 1.74 bits per heavy atom. The van der Waals surface area contributed by atoms with Crippen molar-refractivity contribution in [3.8, 4) is 17.2 Å². The fraction of sp³-hybridized carbons (Fsp3) is 0.160. The quantitative estimate of drug-likeness (QED) is 0.298. The topological polar surface area (TPSA) is 107 Å². The van der Waals surface area contributed by atoms with Crippen LogP contribution >= 0.6 is 11.6 Å². The number of anilines is 3. The number of nitrogens with one attached hydrogen (secondary N) is 2. The molecule has 0 aliphatic carbocycles. The Balaban J connectivity index is 1.52. The van der Waals surface area contributed by atoms with Crippen LogP contribution in [0.15, 0.2) is 66.9 Å². The van der Waals surface area contributed by atoms with Crippen LogP contribution in [0.3, 0.4) is 0 Å². The van der Waals surface area contributed by atoms with Crippen molar-refractivity contribution < 1.29 is 13.9 Å². The highest BCUT2D eigenvalue weighted by atomic mass is 35.5. The molecule has 2 aromatic heterocycles. The highest BCUT2D eigenvalue weighted by molar-refractivity contribution is 6.30. The van der Waals surface area contributed by atoms with E-state index in [1.165, 1.54) is 30.5 Å². The Kier molecular flexibility index (Phi) is 6.61. The average molecular weight is 495 g/mol. The minimum absolute atomic E-state index is 0.0160. The van der Waals surface area contributed by atoms with Crippen LogP contribution < -0.4 is 21.1 Å². The number of urea groups is 1. The number of ether oxygens (including phenoxy) is 1. The molecule has 2 aromatic carbocycles. The van der Waals surface area contributed by atoms with Gasteiger partial charge in [0, 0.05) is 34.8 Å². The first-order valence-electron chi connectivity index (χ1n) is 10.7. The Labute approximate surface area is 206 Å². The van der Waals surface area contributed by atoms with Gasteiger partial charge >= 0.3 is 6.03 Å². The maximum atomic E-state index is 14.7. The maximum Gasteiger partial charge on any atom is 0.324 e. The molecule has 0 atom stereocenters. The van der Waals surface area contributed by atoms with Gasteiger partial charge in [-0.3, -0.25) is 5.32 Å². The number of nitrogens with zero attached hydrogens (tertiary/aromatic N) is 3. The van der Waals surface area contributed by atoms with E-state index in [1.54, 1.807) is 41.1 Å². The van der Waals surface area contributed by atoms with Crippen molar-refractivity contribution in [1.82, 2.24) is 14.8 Å². The molecule has 0 saturated carbocycles. The van der Waals surface area contributed by atoms with Crippen molar-refractivity contribution in [1.29, 1.82) is 0 Å². The average Bonchev–Trinajstić information content (AvgIpc) is 3.20. The Morgan fingerprint density at radius 1 is 1.03 bits per heavy atom. The zero-order valence-electron chi connectivity index (χ0n) is 19.3. The number of halogens is 2. The smallest absolute Gasteiger partial charge is 0.324 e. The number of carbonyl (C=O) groups is 1. The van der Waals surface area contributed by atoms with Crippen LogP contribution in [-0.4, -0.2) is 20.8 Å². The van der Waals surface area contributed by atoms with Crippen molar-refractivity contribution in [3.63, 3.8) is 0 Å². The SMILES string of the molecule is CC(C)(C)c1cc(NC(=O)Nc2ccc(Oc3ccnc(N)c3)cc2F)n(-c2ccc(Cl)cc2)n1. The second kappa shape index (κ2) is 9.63. The van der Waals surface area contributed by atoms with Crippen LogP contribution in [0.4, 0.5) is 26.5 Å². The van der Waals surface area contributed by atoms with E-state index in [0.717, 1.165) is 5.69 Å². The summed E-state index contributed by atoms with van der Waals surface area (Å²) in [5.41, 5.74) is 6.84. The van der Waals surface area contributed by atoms with Crippen molar-refractivity contribution in [2.75, 3.05) is 16.4 Å². The van der Waals surface area contributed by atoms with Crippen molar-refractivity contribution >= 4 is 35.0 Å². The lowest BCUT2D eigenvalue weighted by Gasteiger charge is -2.14. The summed E-state index contributed by atoms with van der Waals surface area (Å²) in [6, 6.07) is 15.4. The molecule has 10 heteroatoms. The third-order valence-corrected chi connectivity index (χ3v) is 5.22. The van der Waals surface area contributed by atoms with Gasteiger partial charge in [0.15, 0.2) is 0 Å². The van der Waals surface area contributed by atoms with Crippen LogP contribution in [-0.2, 0) is 5.41 Å². The Hall–Kier alpha value is -4.11. The van der Waals surface area contributed by atoms with Crippen molar-refractivity contribution in [2.45, 2.75) is 26.2 Å². The normalized spacial score (nSPS) is 11.2. The summed E-state index contributed by atoms with van der Waals surface area (Å²) in [5.74, 6) is 0.701. The fourth-order valence-electron chi connectivity index (χ4n) is 3.17. The molecule has 0 aliphatic rings. The lowest BCUT2D eigenvalue weighted by molar-refractivity contribution is 0.262. The third kappa shape index (κ3) is 5.88. The first-order chi connectivity index (χ1) is 16.6. The van der Waals surface area contributed by atoms with Gasteiger partial charge in [-0.2, -0.15) is 5.10 Å². The summed E-state index contributed by atoms with van der Waals surface area (Å²) in [6.07, 6.45) is 1.49. The number of hydrogen-bond acceptors (Lipinski definition) is 5. The highest BCUT2D eigenvalue weighted by Gasteiger charge is 2.22. The molecule has 2 amide bonds. The molecule has 8 nitrogen and oxygen atoms in total. The van der Waals surface area contributed by atoms with Crippen LogP contribution in [0, 0.1) is 5.82 Å². The van der Waals surface area contributed by atoms with Crippen molar-refractivity contribution in [2.24, 2.45) is 0 Å². The molecular weight excluding hydrogens is 471 g/mol. The minimum Gasteiger partial charge on any atom is -0.457 e. The third-order valence-electron chi connectivity index (χ3n) is 4.97. The van der Waals surface area contributed by atoms with Gasteiger partial charge in [0.05, 0.1) is 17.1 Å². The predicted molar refractivity (Wildman–Crippen MR) is 135 cm³/mol. The Bertz CT molecular complexity index is 1370. The number of aromatic nitrogens is 3. The first kappa shape index (κ1) is 24.0. The fourth-order valence-corrected chi connectivity index (χ4v) is 3.30. The van der Waals surface area contributed by atoms with E-state index in [1.807, 2.05) is 20.8 Å². The van der Waals surface area contributed by atoms with Crippen LogP contribution in [0.5, 0.6) is 11.5 Å². The van der Waals surface area contributed by atoms with Gasteiger partial charge in [-0.25, -0.2) is 18.9 Å². The van der Waals surface area contributed by atoms with E-state index in [4.69, 9.17) is 22.1 Å². The number of hydrogen-bond donors (Lipinski definition) is 3. The van der Waals surface area contributed by atoms with Crippen molar-refractivity contribution in [3.05, 3.63) is 83.4 Å². The molecule has 0 spiro atoms. The lowest BCUT2D eigenvalue weighted by atomic mass is 9.92. The molecule has 4 rings (SSSR count). The van der Waals surface area contributed by atoms with E-state index in [2.05, 4.69) is 20.7 Å². The van der Waals surface area contributed by atoms with Crippen LogP contribution in [0.1, 0.15) is 26.5 Å². The summed E-state index contributed by atoms with van der Waals surface area (Å²) in [4.78, 5) is 16.6. The second-order valence-electron chi connectivity index (χ2n) is 8.79. The zero-order valence-corrected chi connectivity index (χ0v) is 20.1. The van der Waals surface area contributed by atoms with Crippen LogP contribution in [0.2, 0.25) is 5.02 Å². The molecule has 0 saturated heterocycles. The second-order valence-corrected chi connectivity index (χ2v) is 9.23. The number of pyridine rings is 1. The molecule has 0 bridgehead atoms. The van der Waals surface area contributed by atoms with Gasteiger partial charge < -0.3 is 15.8 Å². The summed E-state index contributed by atoms with van der Waals surface area (Å²) in [7, 11) is 0. The zero-order chi connectivity index (χ0) is 25.2. The highest BCUT2D eigenvalue weighted by Crippen LogP contribution is 2.28. The summed E-state index contributed by atoms with van der Waals surface area (Å²) >= 11 is 6.01. The van der Waals surface area contributed by atoms with E-state index >= 15 is 0 Å². The summed E-state index contributed by atoms with van der Waals surface area (Å²) in [5, 5.41) is 10.5.